The Bertz CT molecular complexity index is 1470. The number of benzene rings is 4. The van der Waals surface area contributed by atoms with Gasteiger partial charge in [-0.2, -0.15) is 0 Å². The predicted octanol–water partition coefficient (Wildman–Crippen LogP) is 8.71. The normalized spacial score (nSPS) is 17.8. The molecule has 0 saturated carbocycles. The molecule has 37 heavy (non-hydrogen) atoms. The molecular formula is C34H36N2O+2. The van der Waals surface area contributed by atoms with E-state index in [2.05, 4.69) is 149 Å². The Balaban J connectivity index is 1.70. The molecule has 0 radical (unpaired) electrons. The topological polar surface area (TPSA) is 12.2 Å². The number of quaternary nitrogens is 1. The highest BCUT2D eigenvalue weighted by molar-refractivity contribution is 5.87. The van der Waals surface area contributed by atoms with Crippen LogP contribution >= 0.6 is 0 Å². The van der Waals surface area contributed by atoms with Crippen LogP contribution in [-0.4, -0.2) is 17.1 Å². The maximum atomic E-state index is 7.26. The second-order valence-electron chi connectivity index (χ2n) is 12.3. The van der Waals surface area contributed by atoms with Crippen molar-refractivity contribution >= 4 is 29.0 Å². The Morgan fingerprint density at radius 1 is 0.676 bits per heavy atom. The molecule has 1 unspecified atom stereocenters. The number of rotatable bonds is 2. The van der Waals surface area contributed by atoms with Gasteiger partial charge in [0.2, 0.25) is 5.69 Å². The molecule has 2 aliphatic rings. The van der Waals surface area contributed by atoms with Gasteiger partial charge in [0.15, 0.2) is 17.6 Å². The number of fused-ring (bicyclic) bond motifs is 4. The van der Waals surface area contributed by atoms with Crippen LogP contribution in [0.2, 0.25) is 0 Å². The van der Waals surface area contributed by atoms with Gasteiger partial charge >= 0.3 is 6.35 Å². The lowest BCUT2D eigenvalue weighted by molar-refractivity contribution is -0.534. The largest absolute Gasteiger partial charge is 0.459 e. The van der Waals surface area contributed by atoms with E-state index in [0.29, 0.717) is 4.48 Å². The van der Waals surface area contributed by atoms with Crippen LogP contribution in [0.4, 0.5) is 22.7 Å². The maximum absolute atomic E-state index is 7.26. The summed E-state index contributed by atoms with van der Waals surface area (Å²) in [4.78, 5) is 0. The van der Waals surface area contributed by atoms with E-state index in [0.717, 1.165) is 11.3 Å². The maximum Gasteiger partial charge on any atom is 0.459 e. The summed E-state index contributed by atoms with van der Waals surface area (Å²) in [6.45, 7) is 13.7. The molecule has 0 aliphatic carbocycles. The first-order chi connectivity index (χ1) is 17.6. The summed E-state index contributed by atoms with van der Waals surface area (Å²) < 4.78 is 10.1. The highest BCUT2D eigenvalue weighted by Crippen LogP contribution is 2.57. The van der Waals surface area contributed by atoms with Crippen molar-refractivity contribution in [3.05, 3.63) is 114 Å². The van der Waals surface area contributed by atoms with Crippen molar-refractivity contribution in [1.82, 2.24) is 4.48 Å². The van der Waals surface area contributed by atoms with Crippen LogP contribution in [0, 0.1) is 0 Å². The Labute approximate surface area is 220 Å². The van der Waals surface area contributed by atoms with Crippen LogP contribution in [0.5, 0.6) is 5.75 Å². The van der Waals surface area contributed by atoms with Crippen molar-refractivity contribution in [1.29, 1.82) is 0 Å². The average Bonchev–Trinajstić information content (AvgIpc) is 3.17. The number of hydrogen-bond acceptors (Lipinski definition) is 1. The van der Waals surface area contributed by atoms with Gasteiger partial charge in [0, 0.05) is 42.0 Å². The minimum absolute atomic E-state index is 0.0382. The summed E-state index contributed by atoms with van der Waals surface area (Å²) in [5.74, 6) is 0.990. The SMILES string of the molecule is CC(C)(C)c1cc2c(c(C(C)(C)C)c1)OC1[N+](=C2)c2ccccc2[N+]1(c1ccccc1)c1ccccc1. The third-order valence-electron chi connectivity index (χ3n) is 7.73. The van der Waals surface area contributed by atoms with E-state index in [1.165, 1.54) is 33.9 Å². The van der Waals surface area contributed by atoms with Gasteiger partial charge in [0.05, 0.1) is 5.56 Å². The Morgan fingerprint density at radius 2 is 1.24 bits per heavy atom. The van der Waals surface area contributed by atoms with Crippen LogP contribution in [0.15, 0.2) is 97.1 Å². The van der Waals surface area contributed by atoms with Crippen LogP contribution in [0.25, 0.3) is 0 Å². The first-order valence-corrected chi connectivity index (χ1v) is 13.2. The Kier molecular flexibility index (Phi) is 5.22. The molecule has 0 N–H and O–H groups in total. The molecule has 4 aromatic rings. The molecule has 0 spiro atoms. The van der Waals surface area contributed by atoms with Crippen LogP contribution < -0.4 is 9.22 Å². The monoisotopic (exact) mass is 488 g/mol. The van der Waals surface area contributed by atoms with E-state index < -0.39 is 0 Å². The van der Waals surface area contributed by atoms with Gasteiger partial charge in [-0.15, -0.1) is 9.06 Å². The van der Waals surface area contributed by atoms with Crippen LogP contribution in [0.3, 0.4) is 0 Å². The van der Waals surface area contributed by atoms with Crippen molar-refractivity contribution in [2.24, 2.45) is 0 Å². The third kappa shape index (κ3) is 3.56. The quantitative estimate of drug-likeness (QED) is 0.203. The van der Waals surface area contributed by atoms with Crippen molar-refractivity contribution < 1.29 is 9.31 Å². The molecular weight excluding hydrogens is 452 g/mol. The molecule has 0 aromatic heterocycles. The van der Waals surface area contributed by atoms with E-state index in [4.69, 9.17) is 4.74 Å². The van der Waals surface area contributed by atoms with E-state index in [9.17, 15) is 0 Å². The molecule has 0 bridgehead atoms. The third-order valence-corrected chi connectivity index (χ3v) is 7.73. The van der Waals surface area contributed by atoms with Gasteiger partial charge in [-0.1, -0.05) is 96.1 Å². The fourth-order valence-corrected chi connectivity index (χ4v) is 5.81. The summed E-state index contributed by atoms with van der Waals surface area (Å²) in [6.07, 6.45) is 2.01. The van der Waals surface area contributed by atoms with Gasteiger partial charge in [-0.25, -0.2) is 0 Å². The Hall–Kier alpha value is -3.69. The van der Waals surface area contributed by atoms with E-state index in [1.54, 1.807) is 0 Å². The number of ether oxygens (including phenoxy) is 1. The van der Waals surface area contributed by atoms with Gasteiger partial charge in [0.1, 0.15) is 5.75 Å². The van der Waals surface area contributed by atoms with Gasteiger partial charge in [0.25, 0.3) is 5.69 Å². The minimum atomic E-state index is -0.309. The summed E-state index contributed by atoms with van der Waals surface area (Å²) in [6, 6.07) is 35.0. The van der Waals surface area contributed by atoms with Gasteiger partial charge < -0.3 is 4.74 Å². The van der Waals surface area contributed by atoms with E-state index in [1.807, 2.05) is 0 Å². The summed E-state index contributed by atoms with van der Waals surface area (Å²) in [5, 5.41) is 0. The van der Waals surface area contributed by atoms with Crippen molar-refractivity contribution in [3.63, 3.8) is 0 Å². The lowest BCUT2D eigenvalue weighted by Gasteiger charge is -2.36. The molecule has 4 aromatic carbocycles. The summed E-state index contributed by atoms with van der Waals surface area (Å²) in [5.41, 5.74) is 8.42. The predicted molar refractivity (Wildman–Crippen MR) is 154 cm³/mol. The van der Waals surface area contributed by atoms with E-state index in [-0.39, 0.29) is 17.2 Å². The van der Waals surface area contributed by atoms with E-state index >= 15 is 0 Å². The fraction of sp³-hybridized carbons (Fsp3) is 0.265. The van der Waals surface area contributed by atoms with Gasteiger partial charge in [-0.05, 0) is 22.5 Å². The lowest BCUT2D eigenvalue weighted by atomic mass is 9.79. The van der Waals surface area contributed by atoms with Crippen molar-refractivity contribution in [3.8, 4) is 5.75 Å². The lowest BCUT2D eigenvalue weighted by Crippen LogP contribution is -2.53. The standard InChI is InChI=1S/C34H36N2O/c1-33(2,3)25-21-24-23-35-29-19-13-14-20-30(29)36(26-15-9-7-10-16-26,27-17-11-8-12-18-27)32(35)37-31(24)28(22-25)34(4,5)6/h7-23,32H,1-6H3/q+2. The van der Waals surface area contributed by atoms with Crippen molar-refractivity contribution in [2.45, 2.75) is 58.7 Å². The van der Waals surface area contributed by atoms with Crippen molar-refractivity contribution in [2.75, 3.05) is 0 Å². The number of hydrogen-bond donors (Lipinski definition) is 0. The molecule has 2 heterocycles. The highest BCUT2D eigenvalue weighted by Gasteiger charge is 2.63. The minimum Gasteiger partial charge on any atom is -0.387 e. The first kappa shape index (κ1) is 23.7. The summed E-state index contributed by atoms with van der Waals surface area (Å²) in [7, 11) is 0. The molecule has 6 rings (SSSR count). The van der Waals surface area contributed by atoms with Gasteiger partial charge in [-0.3, -0.25) is 0 Å². The Morgan fingerprint density at radius 3 is 1.81 bits per heavy atom. The second kappa shape index (κ2) is 8.16. The molecule has 186 valence electrons. The van der Waals surface area contributed by atoms with Crippen LogP contribution in [0.1, 0.15) is 58.2 Å². The smallest absolute Gasteiger partial charge is 0.387 e. The molecule has 0 saturated heterocycles. The molecule has 2 aliphatic heterocycles. The average molecular weight is 489 g/mol. The molecule has 0 fully saturated rings. The second-order valence-corrected chi connectivity index (χ2v) is 12.3. The first-order valence-electron chi connectivity index (χ1n) is 13.2. The molecule has 1 atom stereocenters. The summed E-state index contributed by atoms with van der Waals surface area (Å²) >= 11 is 0. The zero-order valence-corrected chi connectivity index (χ0v) is 22.7. The van der Waals surface area contributed by atoms with Crippen LogP contribution in [-0.2, 0) is 10.8 Å². The number of nitrogens with zero attached hydrogens (tertiary/aromatic N) is 2. The molecule has 3 nitrogen and oxygen atoms in total. The molecule has 0 amide bonds. The zero-order valence-electron chi connectivity index (χ0n) is 22.7. The highest BCUT2D eigenvalue weighted by atomic mass is 16.5. The number of para-hydroxylation sites is 4. The molecule has 3 heteroatoms. The fourth-order valence-electron chi connectivity index (χ4n) is 5.81. The zero-order chi connectivity index (χ0) is 26.0.